The van der Waals surface area contributed by atoms with Gasteiger partial charge in [-0.25, -0.2) is 0 Å². The topological polar surface area (TPSA) is 40.0 Å². The molecule has 2 aliphatic heterocycles. The summed E-state index contributed by atoms with van der Waals surface area (Å²) < 4.78 is 11.7. The molecule has 2 aliphatic rings. The van der Waals surface area contributed by atoms with Gasteiger partial charge in [0.2, 0.25) is 0 Å². The second-order valence-corrected chi connectivity index (χ2v) is 7.85. The van der Waals surface area contributed by atoms with Crippen molar-refractivity contribution in [2.45, 2.75) is 44.6 Å². The summed E-state index contributed by atoms with van der Waals surface area (Å²) in [5.41, 5.74) is 0.946. The Hall–Kier alpha value is -1.07. The Labute approximate surface area is 152 Å². The lowest BCUT2D eigenvalue weighted by molar-refractivity contribution is -0.940. The average Bonchev–Trinajstić information content (AvgIpc) is 2.60. The van der Waals surface area contributed by atoms with Crippen molar-refractivity contribution in [1.82, 2.24) is 0 Å². The predicted molar refractivity (Wildman–Crippen MR) is 96.4 cm³/mol. The van der Waals surface area contributed by atoms with Gasteiger partial charge in [0.15, 0.2) is 0 Å². The van der Waals surface area contributed by atoms with Crippen LogP contribution in [0.4, 0.5) is 0 Å². The van der Waals surface area contributed by atoms with Crippen molar-refractivity contribution >= 4 is 21.9 Å². The molecule has 0 bridgehead atoms. The van der Waals surface area contributed by atoms with E-state index in [4.69, 9.17) is 9.47 Å². The van der Waals surface area contributed by atoms with Crippen LogP contribution in [0, 0.1) is 5.92 Å². The van der Waals surface area contributed by atoms with E-state index in [1.54, 1.807) is 12.0 Å². The first kappa shape index (κ1) is 17.7. The summed E-state index contributed by atoms with van der Waals surface area (Å²) in [6.45, 7) is 3.19. The Morgan fingerprint density at radius 2 is 2.08 bits per heavy atom. The van der Waals surface area contributed by atoms with Gasteiger partial charge in [-0.3, -0.25) is 4.79 Å². The molecule has 1 N–H and O–H groups in total. The van der Waals surface area contributed by atoms with Crippen molar-refractivity contribution in [3.8, 4) is 5.75 Å². The minimum Gasteiger partial charge on any atom is -0.496 e. The molecule has 2 heterocycles. The number of nitrogens with one attached hydrogen (secondary N) is 1. The fourth-order valence-corrected chi connectivity index (χ4v) is 4.80. The van der Waals surface area contributed by atoms with Crippen molar-refractivity contribution in [3.05, 3.63) is 28.2 Å². The van der Waals surface area contributed by atoms with Crippen LogP contribution in [-0.2, 0) is 16.0 Å². The van der Waals surface area contributed by atoms with E-state index in [-0.39, 0.29) is 5.97 Å². The second kappa shape index (κ2) is 8.34. The van der Waals surface area contributed by atoms with Crippen molar-refractivity contribution in [2.24, 2.45) is 5.92 Å². The third kappa shape index (κ3) is 4.31. The average molecular weight is 397 g/mol. The van der Waals surface area contributed by atoms with Gasteiger partial charge < -0.3 is 14.4 Å². The van der Waals surface area contributed by atoms with E-state index < -0.39 is 0 Å². The minimum atomic E-state index is -0.130. The molecule has 4 nitrogen and oxygen atoms in total. The number of quaternary nitrogens is 1. The van der Waals surface area contributed by atoms with Gasteiger partial charge in [-0.05, 0) is 65.7 Å². The number of hydrogen-bond donors (Lipinski definition) is 1. The molecule has 0 aliphatic carbocycles. The van der Waals surface area contributed by atoms with Gasteiger partial charge in [0, 0.05) is 5.92 Å². The molecule has 24 heavy (non-hydrogen) atoms. The van der Waals surface area contributed by atoms with E-state index >= 15 is 0 Å². The molecule has 1 aromatic carbocycles. The molecule has 3 atom stereocenters. The SMILES string of the molecule is COc1ccc(CC(=O)OC[C@@H]2CCC[NH+]3CCCC[C@H]23)cc1Br. The van der Waals surface area contributed by atoms with Gasteiger partial charge in [-0.1, -0.05) is 6.07 Å². The molecule has 1 unspecified atom stereocenters. The summed E-state index contributed by atoms with van der Waals surface area (Å²) >= 11 is 3.46. The number of benzene rings is 1. The summed E-state index contributed by atoms with van der Waals surface area (Å²) in [6, 6.07) is 6.42. The van der Waals surface area contributed by atoms with Crippen molar-refractivity contribution in [2.75, 3.05) is 26.8 Å². The number of hydrogen-bond acceptors (Lipinski definition) is 3. The summed E-state index contributed by atoms with van der Waals surface area (Å²) in [6.07, 6.45) is 6.76. The van der Waals surface area contributed by atoms with Gasteiger partial charge in [0.05, 0.1) is 43.7 Å². The molecule has 2 fully saturated rings. The molecule has 3 rings (SSSR count). The summed E-state index contributed by atoms with van der Waals surface area (Å²) in [5.74, 6) is 1.19. The molecule has 5 heteroatoms. The Morgan fingerprint density at radius 3 is 2.88 bits per heavy atom. The highest BCUT2D eigenvalue weighted by Crippen LogP contribution is 2.26. The second-order valence-electron chi connectivity index (χ2n) is 6.99. The number of fused-ring (bicyclic) bond motifs is 1. The molecule has 0 saturated carbocycles. The number of carbonyl (C=O) groups excluding carboxylic acids is 1. The quantitative estimate of drug-likeness (QED) is 0.776. The number of esters is 1. The molecular formula is C19H27BrNO3+. The van der Waals surface area contributed by atoms with Gasteiger partial charge in [-0.15, -0.1) is 0 Å². The maximum absolute atomic E-state index is 12.2. The predicted octanol–water partition coefficient (Wildman–Crippen LogP) is 2.39. The van der Waals surface area contributed by atoms with E-state index in [0.717, 1.165) is 15.8 Å². The summed E-state index contributed by atoms with van der Waals surface area (Å²) in [4.78, 5) is 13.9. The van der Waals surface area contributed by atoms with Crippen LogP contribution in [0.5, 0.6) is 5.75 Å². The third-order valence-electron chi connectivity index (χ3n) is 5.45. The molecule has 1 aromatic rings. The highest BCUT2D eigenvalue weighted by atomic mass is 79.9. The fraction of sp³-hybridized carbons (Fsp3) is 0.632. The first-order valence-corrected chi connectivity index (χ1v) is 9.79. The lowest BCUT2D eigenvalue weighted by Gasteiger charge is -2.41. The van der Waals surface area contributed by atoms with E-state index in [9.17, 15) is 4.79 Å². The molecule has 2 saturated heterocycles. The van der Waals surface area contributed by atoms with E-state index in [2.05, 4.69) is 15.9 Å². The van der Waals surface area contributed by atoms with E-state index in [0.29, 0.717) is 25.0 Å². The number of methoxy groups -OCH3 is 1. The number of piperidine rings is 2. The molecule has 0 spiro atoms. The van der Waals surface area contributed by atoms with Gasteiger partial charge in [0.25, 0.3) is 0 Å². The Morgan fingerprint density at radius 1 is 1.25 bits per heavy atom. The van der Waals surface area contributed by atoms with Crippen LogP contribution < -0.4 is 9.64 Å². The number of rotatable bonds is 5. The van der Waals surface area contributed by atoms with Crippen LogP contribution in [0.15, 0.2) is 22.7 Å². The monoisotopic (exact) mass is 396 g/mol. The van der Waals surface area contributed by atoms with Gasteiger partial charge in [-0.2, -0.15) is 0 Å². The zero-order chi connectivity index (χ0) is 16.9. The van der Waals surface area contributed by atoms with Crippen LogP contribution in [0.1, 0.15) is 37.7 Å². The third-order valence-corrected chi connectivity index (χ3v) is 6.07. The van der Waals surface area contributed by atoms with Crippen molar-refractivity contribution in [1.29, 1.82) is 0 Å². The van der Waals surface area contributed by atoms with E-state index in [1.165, 1.54) is 45.2 Å². The van der Waals surface area contributed by atoms with Crippen LogP contribution >= 0.6 is 15.9 Å². The fourth-order valence-electron chi connectivity index (χ4n) is 4.21. The smallest absolute Gasteiger partial charge is 0.310 e. The van der Waals surface area contributed by atoms with Crippen molar-refractivity contribution < 1.29 is 19.2 Å². The van der Waals surface area contributed by atoms with Crippen LogP contribution in [0.25, 0.3) is 0 Å². The standard InChI is InChI=1S/C19H26BrNO3/c1-23-18-8-7-14(11-16(18)20)12-19(22)24-13-15-5-4-10-21-9-3-2-6-17(15)21/h7-8,11,15,17H,2-6,9-10,12-13H2,1H3/p+1/t15-,17+/m0/s1. The largest absolute Gasteiger partial charge is 0.496 e. The molecule has 132 valence electrons. The summed E-state index contributed by atoms with van der Waals surface area (Å²) in [5, 5.41) is 0. The Kier molecular flexibility index (Phi) is 6.17. The lowest BCUT2D eigenvalue weighted by atomic mass is 9.84. The molecule has 0 radical (unpaired) electrons. The van der Waals surface area contributed by atoms with Crippen molar-refractivity contribution in [3.63, 3.8) is 0 Å². The highest BCUT2D eigenvalue weighted by Gasteiger charge is 2.37. The maximum Gasteiger partial charge on any atom is 0.310 e. The van der Waals surface area contributed by atoms with Crippen LogP contribution in [0.3, 0.4) is 0 Å². The maximum atomic E-state index is 12.2. The van der Waals surface area contributed by atoms with Gasteiger partial charge in [0.1, 0.15) is 5.75 Å². The first-order valence-electron chi connectivity index (χ1n) is 9.00. The summed E-state index contributed by atoms with van der Waals surface area (Å²) in [7, 11) is 1.63. The normalized spacial score (nSPS) is 26.5. The first-order chi connectivity index (χ1) is 11.7. The number of halogens is 1. The van der Waals surface area contributed by atoms with E-state index in [1.807, 2.05) is 18.2 Å². The van der Waals surface area contributed by atoms with Gasteiger partial charge >= 0.3 is 5.97 Å². The Balaban J connectivity index is 1.51. The molecular weight excluding hydrogens is 370 g/mol. The number of ether oxygens (including phenoxy) is 2. The zero-order valence-corrected chi connectivity index (χ0v) is 15.9. The van der Waals surface area contributed by atoms with Crippen LogP contribution in [-0.4, -0.2) is 38.8 Å². The number of carbonyl (C=O) groups is 1. The molecule has 0 amide bonds. The Bertz CT molecular complexity index is 576. The zero-order valence-electron chi connectivity index (χ0n) is 14.4. The lowest BCUT2D eigenvalue weighted by Crippen LogP contribution is -3.18. The molecule has 0 aromatic heterocycles. The minimum absolute atomic E-state index is 0.130. The highest BCUT2D eigenvalue weighted by molar-refractivity contribution is 9.10. The van der Waals surface area contributed by atoms with Crippen LogP contribution in [0.2, 0.25) is 0 Å².